The highest BCUT2D eigenvalue weighted by molar-refractivity contribution is 4.73. The van der Waals surface area contributed by atoms with Gasteiger partial charge in [-0.15, -0.1) is 0 Å². The average molecular weight is 130 g/mol. The first-order valence-corrected chi connectivity index (χ1v) is 3.53. The standard InChI is InChI=1S/C8H18O/c1-6(7(2)9)8(3,4)5/h6-7,9H,1-5H3/t6-,7?/m0/s1. The van der Waals surface area contributed by atoms with Crippen molar-refractivity contribution in [3.8, 4) is 0 Å². The molecule has 0 spiro atoms. The van der Waals surface area contributed by atoms with E-state index in [1.54, 1.807) is 0 Å². The third-order valence-electron chi connectivity index (χ3n) is 2.09. The highest BCUT2D eigenvalue weighted by Crippen LogP contribution is 2.27. The summed E-state index contributed by atoms with van der Waals surface area (Å²) in [7, 11) is 0. The lowest BCUT2D eigenvalue weighted by Gasteiger charge is -2.29. The minimum Gasteiger partial charge on any atom is -0.393 e. The van der Waals surface area contributed by atoms with Gasteiger partial charge in [-0.3, -0.25) is 0 Å². The van der Waals surface area contributed by atoms with Gasteiger partial charge in [-0.1, -0.05) is 27.7 Å². The lowest BCUT2D eigenvalue weighted by Crippen LogP contribution is -2.27. The van der Waals surface area contributed by atoms with Crippen molar-refractivity contribution in [1.82, 2.24) is 0 Å². The second-order valence-corrected chi connectivity index (χ2v) is 3.90. The van der Waals surface area contributed by atoms with E-state index in [4.69, 9.17) is 5.11 Å². The van der Waals surface area contributed by atoms with Gasteiger partial charge in [0.2, 0.25) is 0 Å². The van der Waals surface area contributed by atoms with Gasteiger partial charge in [-0.2, -0.15) is 0 Å². The molecule has 1 N–H and O–H groups in total. The molecule has 2 atom stereocenters. The summed E-state index contributed by atoms with van der Waals surface area (Å²) >= 11 is 0. The van der Waals surface area contributed by atoms with Gasteiger partial charge < -0.3 is 5.11 Å². The summed E-state index contributed by atoms with van der Waals surface area (Å²) in [6.45, 7) is 10.3. The van der Waals surface area contributed by atoms with Crippen molar-refractivity contribution >= 4 is 0 Å². The summed E-state index contributed by atoms with van der Waals surface area (Å²) in [5.41, 5.74) is 0.230. The van der Waals surface area contributed by atoms with Crippen LogP contribution in [0.25, 0.3) is 0 Å². The quantitative estimate of drug-likeness (QED) is 0.576. The predicted molar refractivity (Wildman–Crippen MR) is 40.3 cm³/mol. The highest BCUT2D eigenvalue weighted by Gasteiger charge is 2.23. The van der Waals surface area contributed by atoms with E-state index in [0.29, 0.717) is 5.92 Å². The lowest BCUT2D eigenvalue weighted by atomic mass is 9.79. The first-order valence-electron chi connectivity index (χ1n) is 3.53. The molecule has 0 fully saturated rings. The van der Waals surface area contributed by atoms with Crippen molar-refractivity contribution < 1.29 is 5.11 Å². The monoisotopic (exact) mass is 130 g/mol. The van der Waals surface area contributed by atoms with Crippen LogP contribution in [0.2, 0.25) is 0 Å². The molecule has 0 aliphatic heterocycles. The molecule has 0 aromatic rings. The van der Waals surface area contributed by atoms with Gasteiger partial charge in [0, 0.05) is 0 Å². The molecular weight excluding hydrogens is 112 g/mol. The summed E-state index contributed by atoms with van der Waals surface area (Å²) in [5, 5.41) is 9.16. The molecule has 0 rings (SSSR count). The number of hydrogen-bond donors (Lipinski definition) is 1. The zero-order valence-electron chi connectivity index (χ0n) is 7.10. The fraction of sp³-hybridized carbons (Fsp3) is 1.00. The number of aliphatic hydroxyl groups excluding tert-OH is 1. The summed E-state index contributed by atoms with van der Waals surface area (Å²) < 4.78 is 0. The predicted octanol–water partition coefficient (Wildman–Crippen LogP) is 2.05. The molecule has 0 amide bonds. The third-order valence-corrected chi connectivity index (χ3v) is 2.09. The summed E-state index contributed by atoms with van der Waals surface area (Å²) in [6.07, 6.45) is -0.190. The van der Waals surface area contributed by atoms with Crippen LogP contribution < -0.4 is 0 Å². The minimum absolute atomic E-state index is 0.190. The van der Waals surface area contributed by atoms with Crippen LogP contribution in [0.15, 0.2) is 0 Å². The highest BCUT2D eigenvalue weighted by atomic mass is 16.3. The van der Waals surface area contributed by atoms with E-state index in [2.05, 4.69) is 27.7 Å². The van der Waals surface area contributed by atoms with E-state index in [0.717, 1.165) is 0 Å². The summed E-state index contributed by atoms with van der Waals surface area (Å²) in [4.78, 5) is 0. The molecule has 0 aliphatic carbocycles. The van der Waals surface area contributed by atoms with Crippen molar-refractivity contribution in [2.45, 2.75) is 40.7 Å². The Balaban J connectivity index is 3.88. The Hall–Kier alpha value is -0.0400. The molecule has 0 heterocycles. The average Bonchev–Trinajstić information content (AvgIpc) is 1.62. The van der Waals surface area contributed by atoms with Crippen LogP contribution in [-0.2, 0) is 0 Å². The Labute approximate surface area is 58.1 Å². The van der Waals surface area contributed by atoms with E-state index in [9.17, 15) is 0 Å². The normalized spacial score (nSPS) is 19.3. The second kappa shape index (κ2) is 2.70. The van der Waals surface area contributed by atoms with E-state index >= 15 is 0 Å². The van der Waals surface area contributed by atoms with Gasteiger partial charge in [0.25, 0.3) is 0 Å². The second-order valence-electron chi connectivity index (χ2n) is 3.90. The molecule has 1 nitrogen and oxygen atoms in total. The smallest absolute Gasteiger partial charge is 0.0542 e. The maximum Gasteiger partial charge on any atom is 0.0542 e. The molecule has 0 aromatic carbocycles. The molecule has 0 radical (unpaired) electrons. The van der Waals surface area contributed by atoms with Gasteiger partial charge >= 0.3 is 0 Å². The van der Waals surface area contributed by atoms with Crippen molar-refractivity contribution in [3.63, 3.8) is 0 Å². The molecule has 0 aliphatic rings. The Morgan fingerprint density at radius 1 is 1.11 bits per heavy atom. The molecule has 56 valence electrons. The van der Waals surface area contributed by atoms with Gasteiger partial charge in [0.15, 0.2) is 0 Å². The Bertz CT molecular complexity index is 79.1. The maximum atomic E-state index is 9.16. The first kappa shape index (κ1) is 8.96. The maximum absolute atomic E-state index is 9.16. The summed E-state index contributed by atoms with van der Waals surface area (Å²) in [6, 6.07) is 0. The molecule has 9 heavy (non-hydrogen) atoms. The van der Waals surface area contributed by atoms with Crippen molar-refractivity contribution in [1.29, 1.82) is 0 Å². The van der Waals surface area contributed by atoms with Crippen molar-refractivity contribution in [2.24, 2.45) is 11.3 Å². The zero-order valence-corrected chi connectivity index (χ0v) is 7.10. The van der Waals surface area contributed by atoms with Gasteiger partial charge in [0.05, 0.1) is 6.10 Å². The first-order chi connectivity index (χ1) is 3.85. The third kappa shape index (κ3) is 2.85. The Morgan fingerprint density at radius 3 is 1.44 bits per heavy atom. The SMILES string of the molecule is CC(O)[C@H](C)C(C)(C)C. The van der Waals surface area contributed by atoms with Crippen molar-refractivity contribution in [3.05, 3.63) is 0 Å². The van der Waals surface area contributed by atoms with Crippen LogP contribution in [-0.4, -0.2) is 11.2 Å². The van der Waals surface area contributed by atoms with E-state index in [1.807, 2.05) is 6.92 Å². The number of hydrogen-bond acceptors (Lipinski definition) is 1. The van der Waals surface area contributed by atoms with Crippen LogP contribution >= 0.6 is 0 Å². The molecule has 1 unspecified atom stereocenters. The van der Waals surface area contributed by atoms with Gasteiger partial charge in [0.1, 0.15) is 0 Å². The van der Waals surface area contributed by atoms with Crippen LogP contribution in [0.3, 0.4) is 0 Å². The van der Waals surface area contributed by atoms with Gasteiger partial charge in [-0.25, -0.2) is 0 Å². The van der Waals surface area contributed by atoms with E-state index < -0.39 is 0 Å². The molecule has 0 bridgehead atoms. The zero-order chi connectivity index (χ0) is 7.65. The number of rotatable bonds is 1. The van der Waals surface area contributed by atoms with Crippen LogP contribution in [0.5, 0.6) is 0 Å². The molecule has 0 saturated heterocycles. The minimum atomic E-state index is -0.190. The fourth-order valence-corrected chi connectivity index (χ4v) is 0.724. The van der Waals surface area contributed by atoms with E-state index in [-0.39, 0.29) is 11.5 Å². The van der Waals surface area contributed by atoms with Crippen molar-refractivity contribution in [2.75, 3.05) is 0 Å². The Morgan fingerprint density at radius 2 is 1.44 bits per heavy atom. The molecule has 0 saturated carbocycles. The molecule has 0 aromatic heterocycles. The lowest BCUT2D eigenvalue weighted by molar-refractivity contribution is 0.0685. The van der Waals surface area contributed by atoms with Gasteiger partial charge in [-0.05, 0) is 18.3 Å². The van der Waals surface area contributed by atoms with Crippen LogP contribution in [0.1, 0.15) is 34.6 Å². The number of aliphatic hydroxyl groups is 1. The topological polar surface area (TPSA) is 20.2 Å². The summed E-state index contributed by atoms with van der Waals surface area (Å²) in [5.74, 6) is 0.373. The largest absolute Gasteiger partial charge is 0.393 e. The fourth-order valence-electron chi connectivity index (χ4n) is 0.724. The van der Waals surface area contributed by atoms with E-state index in [1.165, 1.54) is 0 Å². The van der Waals surface area contributed by atoms with Crippen LogP contribution in [0.4, 0.5) is 0 Å². The Kier molecular flexibility index (Phi) is 2.68. The molecule has 1 heteroatoms. The molecular formula is C8H18O. The van der Waals surface area contributed by atoms with Crippen LogP contribution in [0, 0.1) is 11.3 Å².